The van der Waals surface area contributed by atoms with Crippen LogP contribution < -0.4 is 5.43 Å². The molecule has 1 aliphatic carbocycles. The van der Waals surface area contributed by atoms with Crippen molar-refractivity contribution in [2.24, 2.45) is 5.10 Å². The Morgan fingerprint density at radius 2 is 2.04 bits per heavy atom. The van der Waals surface area contributed by atoms with Crippen molar-refractivity contribution in [3.8, 4) is 0 Å². The Kier molecular flexibility index (Phi) is 7.06. The highest BCUT2D eigenvalue weighted by Crippen LogP contribution is 2.23. The highest BCUT2D eigenvalue weighted by atomic mass is 35.5. The second-order valence-electron chi connectivity index (χ2n) is 6.56. The summed E-state index contributed by atoms with van der Waals surface area (Å²) in [5.41, 5.74) is 4.42. The number of anilines is 1. The lowest BCUT2D eigenvalue weighted by atomic mass is 10.0. The molecule has 8 heteroatoms. The fourth-order valence-corrected chi connectivity index (χ4v) is 3.28. The van der Waals surface area contributed by atoms with E-state index in [1.165, 1.54) is 0 Å². The molecule has 1 aromatic rings. The summed E-state index contributed by atoms with van der Waals surface area (Å²) in [5.74, 6) is -0.310. The lowest BCUT2D eigenvalue weighted by Gasteiger charge is -2.34. The summed E-state index contributed by atoms with van der Waals surface area (Å²) < 4.78 is 19.9. The van der Waals surface area contributed by atoms with E-state index in [0.717, 1.165) is 0 Å². The van der Waals surface area contributed by atoms with Gasteiger partial charge in [-0.1, -0.05) is 35.9 Å². The van der Waals surface area contributed by atoms with Crippen molar-refractivity contribution < 1.29 is 13.9 Å². The van der Waals surface area contributed by atoms with Crippen molar-refractivity contribution >= 4 is 29.1 Å². The van der Waals surface area contributed by atoms with E-state index in [2.05, 4.69) is 15.4 Å². The van der Waals surface area contributed by atoms with Gasteiger partial charge in [0.05, 0.1) is 17.3 Å². The van der Waals surface area contributed by atoms with Gasteiger partial charge in [-0.3, -0.25) is 10.3 Å². The van der Waals surface area contributed by atoms with Gasteiger partial charge in [0.15, 0.2) is 5.83 Å². The molecular formula is C20H24ClFN4O2. The summed E-state index contributed by atoms with van der Waals surface area (Å²) in [6.07, 6.45) is 3.84. The molecule has 2 aliphatic rings. The summed E-state index contributed by atoms with van der Waals surface area (Å²) in [6, 6.07) is 7.20. The van der Waals surface area contributed by atoms with Crippen LogP contribution in [0.15, 0.2) is 52.9 Å². The molecule has 1 saturated heterocycles. The number of para-hydroxylation sites is 1. The molecule has 28 heavy (non-hydrogen) atoms. The number of nitrogens with zero attached hydrogens (tertiary/aromatic N) is 3. The van der Waals surface area contributed by atoms with Crippen LogP contribution >= 0.6 is 11.6 Å². The van der Waals surface area contributed by atoms with Gasteiger partial charge in [-0.05, 0) is 19.1 Å². The molecule has 0 atom stereocenters. The number of hydrazone groups is 1. The number of carbonyl (C=O) groups excluding carboxylic acids is 1. The molecule has 0 saturated carbocycles. The van der Waals surface area contributed by atoms with E-state index in [-0.39, 0.29) is 11.9 Å². The zero-order valence-corrected chi connectivity index (χ0v) is 16.6. The fraction of sp³-hybridized carbons (Fsp3) is 0.400. The highest BCUT2D eigenvalue weighted by Gasteiger charge is 2.24. The fourth-order valence-electron chi connectivity index (χ4n) is 3.10. The third-order valence-corrected chi connectivity index (χ3v) is 4.97. The number of carbonyl (C=O) groups is 1. The molecule has 1 aliphatic heterocycles. The summed E-state index contributed by atoms with van der Waals surface area (Å²) in [7, 11) is 0. The average Bonchev–Trinajstić information content (AvgIpc) is 2.70. The predicted octanol–water partition coefficient (Wildman–Crippen LogP) is 4.07. The number of hydrogen-bond donors (Lipinski definition) is 1. The van der Waals surface area contributed by atoms with Gasteiger partial charge < -0.3 is 9.64 Å². The molecule has 1 fully saturated rings. The zero-order chi connectivity index (χ0) is 19.9. The van der Waals surface area contributed by atoms with Crippen molar-refractivity contribution in [1.82, 2.24) is 9.80 Å². The molecule has 1 amide bonds. The largest absolute Gasteiger partial charge is 0.450 e. The number of amides is 1. The first-order valence-electron chi connectivity index (χ1n) is 9.35. The Labute approximate surface area is 169 Å². The maximum atomic E-state index is 14.9. The molecule has 1 N–H and O–H groups in total. The van der Waals surface area contributed by atoms with Gasteiger partial charge in [-0.25, -0.2) is 9.18 Å². The molecule has 150 valence electrons. The van der Waals surface area contributed by atoms with Gasteiger partial charge in [0, 0.05) is 44.7 Å². The van der Waals surface area contributed by atoms with Crippen LogP contribution in [0.2, 0.25) is 5.02 Å². The molecular weight excluding hydrogens is 383 g/mol. The lowest BCUT2D eigenvalue weighted by molar-refractivity contribution is 0.0820. The molecule has 0 unspecified atom stereocenters. The zero-order valence-electron chi connectivity index (χ0n) is 15.8. The maximum Gasteiger partial charge on any atom is 0.409 e. The number of rotatable bonds is 5. The minimum absolute atomic E-state index is 0.287. The number of piperazine rings is 1. The van der Waals surface area contributed by atoms with E-state index < -0.39 is 0 Å². The number of hydrogen-bond acceptors (Lipinski definition) is 5. The van der Waals surface area contributed by atoms with Crippen LogP contribution in [-0.2, 0) is 4.74 Å². The maximum absolute atomic E-state index is 14.9. The van der Waals surface area contributed by atoms with E-state index in [1.807, 2.05) is 24.3 Å². The Morgan fingerprint density at radius 3 is 2.75 bits per heavy atom. The Hall–Kier alpha value is -2.38. The van der Waals surface area contributed by atoms with Gasteiger partial charge in [0.1, 0.15) is 5.71 Å². The van der Waals surface area contributed by atoms with Gasteiger partial charge in [0.2, 0.25) is 0 Å². The first-order valence-corrected chi connectivity index (χ1v) is 9.73. The first-order chi connectivity index (χ1) is 13.6. The molecule has 0 bridgehead atoms. The standard InChI is InChI=1S/C20H24ClFN4O2/c1-2-28-20(27)26-12-10-25(11-13-26)14-15-6-5-9-18(19(15)22)24-23-17-8-4-3-7-16(17)21/h3-8,23H,2,9-14H2,1H3. The van der Waals surface area contributed by atoms with Crippen molar-refractivity contribution in [1.29, 1.82) is 0 Å². The third-order valence-electron chi connectivity index (χ3n) is 4.64. The summed E-state index contributed by atoms with van der Waals surface area (Å²) in [5, 5.41) is 4.73. The minimum Gasteiger partial charge on any atom is -0.450 e. The normalized spacial score (nSPS) is 19.2. The van der Waals surface area contributed by atoms with E-state index in [1.54, 1.807) is 24.0 Å². The van der Waals surface area contributed by atoms with Gasteiger partial charge in [-0.15, -0.1) is 0 Å². The Balaban J connectivity index is 1.60. The van der Waals surface area contributed by atoms with Crippen molar-refractivity contribution in [3.63, 3.8) is 0 Å². The van der Waals surface area contributed by atoms with Crippen LogP contribution in [0.3, 0.4) is 0 Å². The molecule has 1 heterocycles. The Bertz CT molecular complexity index is 801. The number of benzene rings is 1. The Morgan fingerprint density at radius 1 is 1.29 bits per heavy atom. The van der Waals surface area contributed by atoms with Crippen LogP contribution in [0.25, 0.3) is 0 Å². The van der Waals surface area contributed by atoms with Gasteiger partial charge in [-0.2, -0.15) is 5.10 Å². The SMILES string of the molecule is CCOC(=O)N1CCN(CC2=C(F)C(=NNc3ccccc3Cl)CC=C2)CC1. The van der Waals surface area contributed by atoms with Crippen LogP contribution in [0.5, 0.6) is 0 Å². The van der Waals surface area contributed by atoms with Crippen molar-refractivity contribution in [2.45, 2.75) is 13.3 Å². The number of nitrogens with one attached hydrogen (secondary N) is 1. The van der Waals surface area contributed by atoms with Crippen LogP contribution in [0, 0.1) is 0 Å². The molecule has 0 spiro atoms. The lowest BCUT2D eigenvalue weighted by Crippen LogP contribution is -2.49. The summed E-state index contributed by atoms with van der Waals surface area (Å²) in [4.78, 5) is 15.6. The van der Waals surface area contributed by atoms with Crippen molar-refractivity contribution in [2.75, 3.05) is 44.8 Å². The second-order valence-corrected chi connectivity index (χ2v) is 6.97. The van der Waals surface area contributed by atoms with Crippen molar-refractivity contribution in [3.05, 3.63) is 52.8 Å². The summed E-state index contributed by atoms with van der Waals surface area (Å²) in [6.45, 7) is 5.13. The third kappa shape index (κ3) is 5.11. The number of halogens is 2. The van der Waals surface area contributed by atoms with Crippen LogP contribution in [0.1, 0.15) is 13.3 Å². The van der Waals surface area contributed by atoms with Crippen LogP contribution in [-0.4, -0.2) is 60.9 Å². The van der Waals surface area contributed by atoms with E-state index in [9.17, 15) is 9.18 Å². The highest BCUT2D eigenvalue weighted by molar-refractivity contribution is 6.33. The molecule has 0 aromatic heterocycles. The number of ether oxygens (including phenoxy) is 1. The average molecular weight is 407 g/mol. The minimum atomic E-state index is -0.310. The predicted molar refractivity (Wildman–Crippen MR) is 109 cm³/mol. The topological polar surface area (TPSA) is 57.2 Å². The number of allylic oxidation sites excluding steroid dienone is 2. The van der Waals surface area contributed by atoms with Gasteiger partial charge >= 0.3 is 6.09 Å². The molecule has 6 nitrogen and oxygen atoms in total. The molecule has 3 rings (SSSR count). The first kappa shape index (κ1) is 20.4. The second kappa shape index (κ2) is 9.71. The summed E-state index contributed by atoms with van der Waals surface area (Å²) >= 11 is 6.09. The van der Waals surface area contributed by atoms with E-state index in [0.29, 0.717) is 67.7 Å². The molecule has 1 aromatic carbocycles. The van der Waals surface area contributed by atoms with E-state index in [4.69, 9.17) is 16.3 Å². The molecule has 0 radical (unpaired) electrons. The monoisotopic (exact) mass is 406 g/mol. The van der Waals surface area contributed by atoms with Crippen LogP contribution in [0.4, 0.5) is 14.9 Å². The smallest absolute Gasteiger partial charge is 0.409 e. The quantitative estimate of drug-likeness (QED) is 0.749. The van der Waals surface area contributed by atoms with Gasteiger partial charge in [0.25, 0.3) is 0 Å². The van der Waals surface area contributed by atoms with E-state index >= 15 is 0 Å².